The van der Waals surface area contributed by atoms with Gasteiger partial charge in [0.05, 0.1) is 0 Å². The van der Waals surface area contributed by atoms with Crippen LogP contribution in [0.1, 0.15) is 57.1 Å². The van der Waals surface area contributed by atoms with Crippen molar-refractivity contribution in [2.75, 3.05) is 6.54 Å². The number of ether oxygens (including phenoxy) is 1. The molecule has 160 valence electrons. The number of nitrogens with zero attached hydrogens (tertiary/aromatic N) is 1. The molecule has 1 aliphatic heterocycles. The van der Waals surface area contributed by atoms with Gasteiger partial charge in [-0.2, -0.15) is 0 Å². The van der Waals surface area contributed by atoms with Crippen molar-refractivity contribution in [1.29, 1.82) is 0 Å². The monoisotopic (exact) mass is 413 g/mol. The highest BCUT2D eigenvalue weighted by atomic mass is 16.5. The minimum absolute atomic E-state index is 0.00473. The average molecular weight is 413 g/mol. The third-order valence-corrected chi connectivity index (χ3v) is 6.30. The molecule has 1 aromatic carbocycles. The van der Waals surface area contributed by atoms with Crippen molar-refractivity contribution in [3.63, 3.8) is 0 Å². The van der Waals surface area contributed by atoms with E-state index in [2.05, 4.69) is 10.6 Å². The first kappa shape index (κ1) is 20.4. The van der Waals surface area contributed by atoms with Crippen LogP contribution in [0.4, 0.5) is 4.79 Å². The van der Waals surface area contributed by atoms with Gasteiger partial charge in [-0.1, -0.05) is 50.1 Å². The number of benzene rings is 1. The fourth-order valence-corrected chi connectivity index (χ4v) is 4.34. The first-order chi connectivity index (χ1) is 14.4. The largest absolute Gasteiger partial charge is 0.446 e. The van der Waals surface area contributed by atoms with Crippen molar-refractivity contribution >= 4 is 23.8 Å². The number of imide groups is 1. The van der Waals surface area contributed by atoms with Gasteiger partial charge in [-0.15, -0.1) is 0 Å². The zero-order valence-corrected chi connectivity index (χ0v) is 17.1. The molecule has 8 heteroatoms. The van der Waals surface area contributed by atoms with Crippen LogP contribution in [-0.4, -0.2) is 46.8 Å². The highest BCUT2D eigenvalue weighted by Crippen LogP contribution is 2.38. The van der Waals surface area contributed by atoms with Gasteiger partial charge in [0, 0.05) is 11.6 Å². The average Bonchev–Trinajstić information content (AvgIpc) is 3.52. The maximum atomic E-state index is 13.0. The predicted octanol–water partition coefficient (Wildman–Crippen LogP) is 2.05. The predicted molar refractivity (Wildman–Crippen MR) is 107 cm³/mol. The number of hydrogen-bond donors (Lipinski definition) is 2. The number of amides is 4. The number of carbonyl (C=O) groups excluding carboxylic acids is 4. The molecule has 1 aromatic rings. The maximum absolute atomic E-state index is 13.0. The van der Waals surface area contributed by atoms with E-state index in [1.807, 2.05) is 6.92 Å². The van der Waals surface area contributed by atoms with Gasteiger partial charge < -0.3 is 15.4 Å². The molecule has 1 saturated heterocycles. The molecule has 3 aliphatic rings. The van der Waals surface area contributed by atoms with Crippen LogP contribution in [0.2, 0.25) is 0 Å². The van der Waals surface area contributed by atoms with Gasteiger partial charge >= 0.3 is 12.0 Å². The second kappa shape index (κ2) is 8.08. The van der Waals surface area contributed by atoms with Crippen molar-refractivity contribution in [3.8, 4) is 0 Å². The van der Waals surface area contributed by atoms with Crippen LogP contribution in [-0.2, 0) is 19.1 Å². The Labute approximate surface area is 175 Å². The number of hydrogen-bond acceptors (Lipinski definition) is 5. The minimum Gasteiger partial charge on any atom is -0.446 e. The second-order valence-corrected chi connectivity index (χ2v) is 8.50. The van der Waals surface area contributed by atoms with E-state index in [4.69, 9.17) is 4.74 Å². The summed E-state index contributed by atoms with van der Waals surface area (Å²) in [7, 11) is 0. The summed E-state index contributed by atoms with van der Waals surface area (Å²) in [6, 6.07) is 8.26. The molecular weight excluding hydrogens is 386 g/mol. The SMILES string of the molecule is C[C@@H]1CCCC[C@@]12NC(=O)N(CC(=O)O[C@H](C(=O)NC1CC1)c1ccccc1)C2=O. The standard InChI is InChI=1S/C22H27N3O5/c1-14-7-5-6-12-22(14)20(28)25(21(29)24-22)13-17(26)30-18(15-8-3-2-4-9-15)19(27)23-16-10-11-16/h2-4,8-9,14,16,18H,5-7,10-13H2,1H3,(H,23,27)(H,24,29)/t14-,18+,22-/m1/s1. The highest BCUT2D eigenvalue weighted by molar-refractivity contribution is 6.09. The Balaban J connectivity index is 1.46. The van der Waals surface area contributed by atoms with Gasteiger partial charge in [-0.25, -0.2) is 4.79 Å². The summed E-state index contributed by atoms with van der Waals surface area (Å²) < 4.78 is 5.46. The number of rotatable bonds is 6. The summed E-state index contributed by atoms with van der Waals surface area (Å²) in [5, 5.41) is 5.66. The Bertz CT molecular complexity index is 854. The van der Waals surface area contributed by atoms with Crippen LogP contribution in [0.15, 0.2) is 30.3 Å². The molecule has 8 nitrogen and oxygen atoms in total. The van der Waals surface area contributed by atoms with E-state index < -0.39 is 36.1 Å². The molecule has 3 atom stereocenters. The molecule has 30 heavy (non-hydrogen) atoms. The Morgan fingerprint density at radius 3 is 2.60 bits per heavy atom. The molecule has 4 rings (SSSR count). The summed E-state index contributed by atoms with van der Waals surface area (Å²) >= 11 is 0. The lowest BCUT2D eigenvalue weighted by molar-refractivity contribution is -0.158. The van der Waals surface area contributed by atoms with E-state index in [1.54, 1.807) is 30.3 Å². The lowest BCUT2D eigenvalue weighted by atomic mass is 9.73. The van der Waals surface area contributed by atoms with Crippen LogP contribution < -0.4 is 10.6 Å². The lowest BCUT2D eigenvalue weighted by Gasteiger charge is -2.36. The van der Waals surface area contributed by atoms with Crippen molar-refractivity contribution in [3.05, 3.63) is 35.9 Å². The molecule has 2 aliphatic carbocycles. The molecule has 0 unspecified atom stereocenters. The van der Waals surface area contributed by atoms with Crippen LogP contribution in [0, 0.1) is 5.92 Å². The molecule has 2 N–H and O–H groups in total. The zero-order chi connectivity index (χ0) is 21.3. The first-order valence-corrected chi connectivity index (χ1v) is 10.6. The van der Waals surface area contributed by atoms with E-state index in [0.29, 0.717) is 12.0 Å². The molecule has 3 fully saturated rings. The fourth-order valence-electron chi connectivity index (χ4n) is 4.34. The molecule has 0 radical (unpaired) electrons. The van der Waals surface area contributed by atoms with Crippen LogP contribution in [0.25, 0.3) is 0 Å². The van der Waals surface area contributed by atoms with Crippen LogP contribution in [0.5, 0.6) is 0 Å². The minimum atomic E-state index is -1.12. The Morgan fingerprint density at radius 2 is 1.93 bits per heavy atom. The van der Waals surface area contributed by atoms with Gasteiger partial charge in [-0.3, -0.25) is 19.3 Å². The number of urea groups is 1. The molecular formula is C22H27N3O5. The van der Waals surface area contributed by atoms with Crippen molar-refractivity contribution in [1.82, 2.24) is 15.5 Å². The van der Waals surface area contributed by atoms with E-state index >= 15 is 0 Å². The maximum Gasteiger partial charge on any atom is 0.327 e. The smallest absolute Gasteiger partial charge is 0.327 e. The molecule has 1 spiro atoms. The Hall–Kier alpha value is -2.90. The van der Waals surface area contributed by atoms with Crippen molar-refractivity contribution < 1.29 is 23.9 Å². The second-order valence-electron chi connectivity index (χ2n) is 8.50. The van der Waals surface area contributed by atoms with Crippen molar-refractivity contribution in [2.24, 2.45) is 5.92 Å². The molecule has 2 saturated carbocycles. The van der Waals surface area contributed by atoms with Gasteiger partial charge in [0.2, 0.25) is 6.10 Å². The van der Waals surface area contributed by atoms with Gasteiger partial charge in [0.25, 0.3) is 11.8 Å². The Morgan fingerprint density at radius 1 is 1.20 bits per heavy atom. The summed E-state index contributed by atoms with van der Waals surface area (Å²) in [6.07, 6.45) is 3.98. The molecule has 0 aromatic heterocycles. The molecule has 0 bridgehead atoms. The summed E-state index contributed by atoms with van der Waals surface area (Å²) in [5.74, 6) is -1.56. The van der Waals surface area contributed by atoms with Gasteiger partial charge in [0.1, 0.15) is 12.1 Å². The van der Waals surface area contributed by atoms with Crippen molar-refractivity contribution in [2.45, 2.75) is 63.1 Å². The van der Waals surface area contributed by atoms with E-state index in [-0.39, 0.29) is 17.9 Å². The molecule has 1 heterocycles. The van der Waals surface area contributed by atoms with Crippen LogP contribution >= 0.6 is 0 Å². The number of nitrogens with one attached hydrogen (secondary N) is 2. The third-order valence-electron chi connectivity index (χ3n) is 6.30. The Kier molecular flexibility index (Phi) is 5.49. The highest BCUT2D eigenvalue weighted by Gasteiger charge is 2.55. The third kappa shape index (κ3) is 3.91. The normalized spacial score (nSPS) is 27.0. The number of esters is 1. The fraction of sp³-hybridized carbons (Fsp3) is 0.545. The van der Waals surface area contributed by atoms with Crippen LogP contribution in [0.3, 0.4) is 0 Å². The lowest BCUT2D eigenvalue weighted by Crippen LogP contribution is -2.54. The first-order valence-electron chi connectivity index (χ1n) is 10.6. The van der Waals surface area contributed by atoms with E-state index in [1.165, 1.54) is 0 Å². The molecule has 4 amide bonds. The zero-order valence-electron chi connectivity index (χ0n) is 17.1. The number of carbonyl (C=O) groups is 4. The van der Waals surface area contributed by atoms with Gasteiger partial charge in [0.15, 0.2) is 0 Å². The quantitative estimate of drug-likeness (QED) is 0.549. The topological polar surface area (TPSA) is 105 Å². The van der Waals surface area contributed by atoms with Gasteiger partial charge in [-0.05, 0) is 31.6 Å². The summed E-state index contributed by atoms with van der Waals surface area (Å²) in [4.78, 5) is 51.7. The van der Waals surface area contributed by atoms with E-state index in [9.17, 15) is 19.2 Å². The van der Waals surface area contributed by atoms with E-state index in [0.717, 1.165) is 37.0 Å². The summed E-state index contributed by atoms with van der Waals surface area (Å²) in [5.41, 5.74) is -0.392. The summed E-state index contributed by atoms with van der Waals surface area (Å²) in [6.45, 7) is 1.44.